The highest BCUT2D eigenvalue weighted by molar-refractivity contribution is 8.00. The zero-order valence-corrected chi connectivity index (χ0v) is 12.5. The van der Waals surface area contributed by atoms with Gasteiger partial charge in [-0.25, -0.2) is 4.98 Å². The van der Waals surface area contributed by atoms with E-state index in [2.05, 4.69) is 53.5 Å². The van der Waals surface area contributed by atoms with Gasteiger partial charge < -0.3 is 0 Å². The maximum atomic E-state index is 4.23. The first kappa shape index (κ1) is 15.5. The van der Waals surface area contributed by atoms with Crippen LogP contribution in [0.3, 0.4) is 0 Å². The Balaban J connectivity index is 0.000000385. The summed E-state index contributed by atoms with van der Waals surface area (Å²) < 4.78 is 0.258. The van der Waals surface area contributed by atoms with Gasteiger partial charge in [0.1, 0.15) is 0 Å². The Morgan fingerprint density at radius 3 is 1.75 bits per heavy atom. The van der Waals surface area contributed by atoms with E-state index in [0.717, 1.165) is 5.03 Å². The predicted octanol–water partition coefficient (Wildman–Crippen LogP) is 5.02. The third kappa shape index (κ3) is 13.5. The van der Waals surface area contributed by atoms with E-state index in [1.165, 1.54) is 0 Å². The molecule has 0 N–H and O–H groups in total. The first-order valence-corrected chi connectivity index (χ1v) is 6.50. The molecular formula is C14H25NS. The van der Waals surface area contributed by atoms with Crippen molar-refractivity contribution in [2.24, 2.45) is 5.41 Å². The number of aromatic nitrogens is 1. The van der Waals surface area contributed by atoms with Gasteiger partial charge in [-0.15, -0.1) is 11.8 Å². The second-order valence-electron chi connectivity index (χ2n) is 6.38. The standard InChI is InChI=1S/C9H13NS.C5H12/c1-9(2,3)11-8-6-4-5-7-10-8;1-5(2,3)4/h4-7H,1-3H3;1-4H3. The average molecular weight is 239 g/mol. The Morgan fingerprint density at radius 2 is 1.44 bits per heavy atom. The molecule has 1 aromatic heterocycles. The molecule has 1 heterocycles. The largest absolute Gasteiger partial charge is 0.250 e. The Hall–Kier alpha value is -0.500. The monoisotopic (exact) mass is 239 g/mol. The van der Waals surface area contributed by atoms with E-state index in [4.69, 9.17) is 0 Å². The molecule has 2 heteroatoms. The van der Waals surface area contributed by atoms with E-state index in [1.807, 2.05) is 24.4 Å². The van der Waals surface area contributed by atoms with Gasteiger partial charge in [0.15, 0.2) is 0 Å². The van der Waals surface area contributed by atoms with E-state index in [-0.39, 0.29) is 4.75 Å². The number of nitrogens with zero attached hydrogens (tertiary/aromatic N) is 1. The molecule has 0 spiro atoms. The SMILES string of the molecule is CC(C)(C)C.CC(C)(C)Sc1ccccn1. The van der Waals surface area contributed by atoms with Crippen LogP contribution in [0, 0.1) is 5.41 Å². The summed E-state index contributed by atoms with van der Waals surface area (Å²) in [6, 6.07) is 5.99. The first-order chi connectivity index (χ1) is 7.08. The Kier molecular flexibility index (Phi) is 6.09. The van der Waals surface area contributed by atoms with E-state index in [1.54, 1.807) is 11.8 Å². The van der Waals surface area contributed by atoms with Crippen molar-refractivity contribution in [3.8, 4) is 0 Å². The summed E-state index contributed by atoms with van der Waals surface area (Å²) in [5.74, 6) is 0. The van der Waals surface area contributed by atoms with Crippen molar-refractivity contribution < 1.29 is 0 Å². The summed E-state index contributed by atoms with van der Waals surface area (Å²) in [5.41, 5.74) is 0.500. The topological polar surface area (TPSA) is 12.9 Å². The van der Waals surface area contributed by atoms with Gasteiger partial charge >= 0.3 is 0 Å². The van der Waals surface area contributed by atoms with Crippen LogP contribution in [0.2, 0.25) is 0 Å². The molecule has 0 amide bonds. The molecule has 0 atom stereocenters. The fourth-order valence-electron chi connectivity index (χ4n) is 0.721. The summed E-state index contributed by atoms with van der Waals surface area (Å²) in [4.78, 5) is 4.23. The minimum Gasteiger partial charge on any atom is -0.250 e. The second-order valence-corrected chi connectivity index (χ2v) is 8.23. The van der Waals surface area contributed by atoms with Crippen LogP contribution in [0.25, 0.3) is 0 Å². The van der Waals surface area contributed by atoms with Gasteiger partial charge in [0, 0.05) is 10.9 Å². The molecule has 1 nitrogen and oxygen atoms in total. The molecule has 1 aromatic rings. The van der Waals surface area contributed by atoms with Crippen molar-refractivity contribution >= 4 is 11.8 Å². The number of hydrogen-bond donors (Lipinski definition) is 0. The molecule has 0 aliphatic heterocycles. The Labute approximate surface area is 105 Å². The van der Waals surface area contributed by atoms with Crippen molar-refractivity contribution in [1.82, 2.24) is 4.98 Å². The molecule has 1 rings (SSSR count). The van der Waals surface area contributed by atoms with Gasteiger partial charge in [0.25, 0.3) is 0 Å². The van der Waals surface area contributed by atoms with E-state index in [0.29, 0.717) is 5.41 Å². The van der Waals surface area contributed by atoms with Crippen LogP contribution < -0.4 is 0 Å². The van der Waals surface area contributed by atoms with E-state index in [9.17, 15) is 0 Å². The summed E-state index contributed by atoms with van der Waals surface area (Å²) in [6.07, 6.45) is 1.83. The second kappa shape index (κ2) is 6.29. The number of hydrogen-bond acceptors (Lipinski definition) is 2. The highest BCUT2D eigenvalue weighted by Gasteiger charge is 2.11. The van der Waals surface area contributed by atoms with Crippen LogP contribution in [0.1, 0.15) is 48.5 Å². The molecule has 0 bridgehead atoms. The summed E-state index contributed by atoms with van der Waals surface area (Å²) >= 11 is 1.79. The highest BCUT2D eigenvalue weighted by Crippen LogP contribution is 2.29. The van der Waals surface area contributed by atoms with Crippen LogP contribution in [0.4, 0.5) is 0 Å². The van der Waals surface area contributed by atoms with Crippen LogP contribution in [-0.2, 0) is 0 Å². The van der Waals surface area contributed by atoms with Gasteiger partial charge in [0.2, 0.25) is 0 Å². The normalized spacial score (nSPS) is 11.7. The zero-order valence-electron chi connectivity index (χ0n) is 11.7. The third-order valence-electron chi connectivity index (χ3n) is 1.05. The average Bonchev–Trinajstić information content (AvgIpc) is 1.99. The van der Waals surface area contributed by atoms with Gasteiger partial charge in [-0.05, 0) is 17.5 Å². The number of rotatable bonds is 1. The van der Waals surface area contributed by atoms with Crippen LogP contribution >= 0.6 is 11.8 Å². The third-order valence-corrected chi connectivity index (χ3v) is 2.11. The lowest BCUT2D eigenvalue weighted by molar-refractivity contribution is 0.469. The van der Waals surface area contributed by atoms with Crippen molar-refractivity contribution in [3.63, 3.8) is 0 Å². The number of pyridine rings is 1. The molecule has 0 fully saturated rings. The van der Waals surface area contributed by atoms with E-state index < -0.39 is 0 Å². The van der Waals surface area contributed by atoms with Crippen molar-refractivity contribution in [2.45, 2.75) is 58.2 Å². The molecule has 92 valence electrons. The summed E-state index contributed by atoms with van der Waals surface area (Å²) in [7, 11) is 0. The number of thioether (sulfide) groups is 1. The molecule has 0 saturated carbocycles. The molecule has 0 saturated heterocycles. The maximum Gasteiger partial charge on any atom is 0.0964 e. The summed E-state index contributed by atoms with van der Waals surface area (Å²) in [5, 5.41) is 1.10. The lowest BCUT2D eigenvalue weighted by Crippen LogP contribution is -2.06. The van der Waals surface area contributed by atoms with Gasteiger partial charge in [0.05, 0.1) is 5.03 Å². The van der Waals surface area contributed by atoms with Crippen molar-refractivity contribution in [3.05, 3.63) is 24.4 Å². The van der Waals surface area contributed by atoms with Crippen LogP contribution in [0.15, 0.2) is 29.4 Å². The minimum absolute atomic E-state index is 0.258. The maximum absolute atomic E-state index is 4.23. The first-order valence-electron chi connectivity index (χ1n) is 5.68. The van der Waals surface area contributed by atoms with Crippen LogP contribution in [0.5, 0.6) is 0 Å². The van der Waals surface area contributed by atoms with E-state index >= 15 is 0 Å². The minimum atomic E-state index is 0.258. The Morgan fingerprint density at radius 1 is 0.938 bits per heavy atom. The fourth-order valence-corrected chi connectivity index (χ4v) is 1.61. The molecule has 0 radical (unpaired) electrons. The lowest BCUT2D eigenvalue weighted by Gasteiger charge is -2.15. The Bertz CT molecular complexity index is 274. The van der Waals surface area contributed by atoms with Gasteiger partial charge in [-0.2, -0.15) is 0 Å². The van der Waals surface area contributed by atoms with Crippen molar-refractivity contribution in [2.75, 3.05) is 0 Å². The zero-order chi connectivity index (χ0) is 12.8. The quantitative estimate of drug-likeness (QED) is 0.638. The highest BCUT2D eigenvalue weighted by atomic mass is 32.2. The summed E-state index contributed by atoms with van der Waals surface area (Å²) in [6.45, 7) is 15.3. The van der Waals surface area contributed by atoms with Crippen molar-refractivity contribution in [1.29, 1.82) is 0 Å². The molecule has 0 aliphatic carbocycles. The fraction of sp³-hybridized carbons (Fsp3) is 0.643. The van der Waals surface area contributed by atoms with Gasteiger partial charge in [-0.3, -0.25) is 0 Å². The molecule has 0 aliphatic rings. The smallest absolute Gasteiger partial charge is 0.0964 e. The molecule has 16 heavy (non-hydrogen) atoms. The molecule has 0 aromatic carbocycles. The molecule has 0 unspecified atom stereocenters. The lowest BCUT2D eigenvalue weighted by atomic mass is 10.0. The molecular weight excluding hydrogens is 214 g/mol. The van der Waals surface area contributed by atoms with Gasteiger partial charge in [-0.1, -0.05) is 54.5 Å². The van der Waals surface area contributed by atoms with Crippen LogP contribution in [-0.4, -0.2) is 9.73 Å². The predicted molar refractivity (Wildman–Crippen MR) is 75.0 cm³/mol.